The van der Waals surface area contributed by atoms with Gasteiger partial charge in [-0.25, -0.2) is 86.0 Å². The molecule has 1 heterocycles. The quantitative estimate of drug-likeness (QED) is 0.0212. The summed E-state index contributed by atoms with van der Waals surface area (Å²) in [6, 6.07) is 63.8. The van der Waals surface area contributed by atoms with Crippen LogP contribution in [0.2, 0.25) is 25.1 Å². The number of phenolic OH excluding ortho intramolecular Hbond substituents is 5. The Kier molecular flexibility index (Phi) is 36.3. The first-order valence-electron chi connectivity index (χ1n) is 38.9. The number of H-pyrrole nitrogens is 1. The van der Waals surface area contributed by atoms with Gasteiger partial charge in [0.2, 0.25) is 5.82 Å². The summed E-state index contributed by atoms with van der Waals surface area (Å²) >= 11 is 41.3. The van der Waals surface area contributed by atoms with Gasteiger partial charge in [0, 0.05) is 109 Å². The van der Waals surface area contributed by atoms with E-state index in [9.17, 15) is 112 Å². The molecule has 0 aliphatic heterocycles. The lowest BCUT2D eigenvalue weighted by atomic mass is 10.0. The van der Waals surface area contributed by atoms with Gasteiger partial charge in [0.15, 0.2) is 58.3 Å². The summed E-state index contributed by atoms with van der Waals surface area (Å²) in [5.41, 5.74) is 7.43. The standard InChI is InChI=1S/3C19H12BrClF2O3S.C19H12ClF2N5O3S.C12H9F2N.C6H3BrCl2O3S/c3*20-13-7-15(21)19(24)18(8-13)27(25,26)10-12-6-14(17(23)9-16(12)22)11-4-2-1-3-5-11;20-13-6-11(19-23-26-27-24-19)7-17(18(13)28)31(29,30)25-16-8-12(14(21)9-15(16)22)10-4-2-1-3-5-10;13-10-7-11(14)12(15)6-9(10)8-4-2-1-3-5-8;7-3-1-4(8)6(10)5(2-3)13(9,11)12/h3*1-9,24H,10H2;1-9,25,28H,(H,23,24,26,27);1-7H,15H2;1-2,10H. The highest BCUT2D eigenvalue weighted by molar-refractivity contribution is 9.11. The molecule has 0 saturated heterocycles. The Balaban J connectivity index is 0.000000164. The fourth-order valence-corrected chi connectivity index (χ4v) is 23.8. The van der Waals surface area contributed by atoms with E-state index in [2.05, 4.69) is 84.3 Å². The smallest absolute Gasteiger partial charge is 0.265 e. The number of aromatic nitrogens is 4. The van der Waals surface area contributed by atoms with E-state index in [1.54, 1.807) is 146 Å². The summed E-state index contributed by atoms with van der Waals surface area (Å²) in [6.07, 6.45) is 0. The van der Waals surface area contributed by atoms with Crippen molar-refractivity contribution in [1.29, 1.82) is 0 Å². The van der Waals surface area contributed by atoms with E-state index < -0.39 is 183 Å². The van der Waals surface area contributed by atoms with Crippen molar-refractivity contribution in [2.75, 3.05) is 10.5 Å². The van der Waals surface area contributed by atoms with E-state index >= 15 is 0 Å². The molecular formula is C94H60Br4Cl6F10N6O15S5. The van der Waals surface area contributed by atoms with Gasteiger partial charge >= 0.3 is 0 Å². The molecule has 16 aromatic rings. The van der Waals surface area contributed by atoms with Crippen molar-refractivity contribution >= 4 is 192 Å². The van der Waals surface area contributed by atoms with Gasteiger partial charge in [-0.1, -0.05) is 273 Å². The molecule has 1 aromatic heterocycles. The Morgan fingerprint density at radius 3 is 0.871 bits per heavy atom. The van der Waals surface area contributed by atoms with Crippen molar-refractivity contribution in [1.82, 2.24) is 20.6 Å². The SMILES string of the molecule is Nc1cc(-c2ccccc2)c(F)cc1F.O=S(=O)(Cc1cc(-c2ccccc2)c(F)cc1F)c1cc(Br)cc(Cl)c1O.O=S(=O)(Cc1cc(-c2ccccc2)c(F)cc1F)c1cc(Br)cc(Cl)c1O.O=S(=O)(Cc1cc(-c2ccccc2)c(F)cc1F)c1cc(Br)cc(Cl)c1O.O=S(=O)(Cl)c1cc(Br)cc(Cl)c1O.O=S(=O)(Nc1cc(-c2ccccc2)c(F)cc1F)c1cc(-c2nn[nH]n2)cc(Cl)c1O. The summed E-state index contributed by atoms with van der Waals surface area (Å²) in [4.78, 5) is -2.37. The van der Waals surface area contributed by atoms with Crippen LogP contribution in [-0.4, -0.2) is 88.2 Å². The minimum Gasteiger partial charge on any atom is -0.505 e. The zero-order chi connectivity index (χ0) is 103. The van der Waals surface area contributed by atoms with Crippen LogP contribution >= 0.6 is 132 Å². The molecule has 21 nitrogen and oxygen atoms in total. The monoisotopic (exact) mass is 2390 g/mol. The minimum atomic E-state index is -4.55. The number of nitrogens with two attached hydrogens (primary N) is 1. The van der Waals surface area contributed by atoms with Crippen LogP contribution in [-0.2, 0) is 65.8 Å². The highest BCUT2D eigenvalue weighted by Crippen LogP contribution is 2.44. The van der Waals surface area contributed by atoms with Gasteiger partial charge in [-0.05, 0) is 124 Å². The van der Waals surface area contributed by atoms with Crippen LogP contribution in [0.25, 0.3) is 67.0 Å². The number of sulfonamides is 1. The second-order valence-corrected chi connectivity index (χ2v) is 44.8. The van der Waals surface area contributed by atoms with Crippen molar-refractivity contribution < 1.29 is 112 Å². The van der Waals surface area contributed by atoms with Crippen LogP contribution in [0.1, 0.15) is 16.7 Å². The van der Waals surface area contributed by atoms with Crippen LogP contribution in [0.4, 0.5) is 55.3 Å². The third-order valence-electron chi connectivity index (χ3n) is 19.4. The zero-order valence-electron chi connectivity index (χ0n) is 69.9. The summed E-state index contributed by atoms with van der Waals surface area (Å²) in [6.45, 7) is 0. The normalized spacial score (nSPS) is 11.4. The molecule has 0 amide bonds. The maximum atomic E-state index is 14.4. The number of rotatable bonds is 19. The highest BCUT2D eigenvalue weighted by Gasteiger charge is 2.32. The largest absolute Gasteiger partial charge is 0.505 e. The number of phenols is 5. The van der Waals surface area contributed by atoms with E-state index in [1.165, 1.54) is 60.7 Å². The van der Waals surface area contributed by atoms with Crippen LogP contribution in [0.15, 0.2) is 315 Å². The molecule has 0 saturated carbocycles. The van der Waals surface area contributed by atoms with Gasteiger partial charge in [-0.15, -0.1) is 10.2 Å². The number of nitrogens with one attached hydrogen (secondary N) is 2. The average molecular weight is 2400 g/mol. The minimum absolute atomic E-state index is 0.0116. The molecule has 0 fully saturated rings. The molecule has 140 heavy (non-hydrogen) atoms. The molecule has 726 valence electrons. The second kappa shape index (κ2) is 46.6. The Bertz CT molecular complexity index is 7580. The predicted octanol–water partition coefficient (Wildman–Crippen LogP) is 27.1. The van der Waals surface area contributed by atoms with E-state index in [0.717, 1.165) is 36.4 Å². The zero-order valence-corrected chi connectivity index (χ0v) is 84.9. The first kappa shape index (κ1) is 109. The molecule has 0 bridgehead atoms. The Morgan fingerprint density at radius 1 is 0.307 bits per heavy atom. The van der Waals surface area contributed by atoms with Gasteiger partial charge in [0.1, 0.15) is 82.6 Å². The van der Waals surface area contributed by atoms with E-state index in [4.69, 9.17) is 74.4 Å². The second-order valence-electron chi connectivity index (χ2n) is 29.1. The van der Waals surface area contributed by atoms with Crippen molar-refractivity contribution in [3.63, 3.8) is 0 Å². The first-order valence-corrected chi connectivity index (χ1v) is 52.7. The van der Waals surface area contributed by atoms with Gasteiger partial charge in [-0.2, -0.15) is 5.21 Å². The van der Waals surface area contributed by atoms with Gasteiger partial charge in [0.25, 0.3) is 19.1 Å². The lowest BCUT2D eigenvalue weighted by molar-refractivity contribution is 0.458. The molecule has 0 aliphatic carbocycles. The number of anilines is 2. The molecule has 0 radical (unpaired) electrons. The molecule has 0 spiro atoms. The lowest BCUT2D eigenvalue weighted by Gasteiger charge is -2.14. The summed E-state index contributed by atoms with van der Waals surface area (Å²) < 4.78 is 268. The van der Waals surface area contributed by atoms with Crippen molar-refractivity contribution in [3.8, 4) is 95.8 Å². The molecule has 0 aliphatic rings. The number of halogens is 20. The summed E-state index contributed by atoms with van der Waals surface area (Å²) in [7, 11) is -15.9. The number of benzene rings is 15. The average Bonchev–Trinajstić information content (AvgIpc) is 1.14. The van der Waals surface area contributed by atoms with Crippen molar-refractivity contribution in [3.05, 3.63) is 391 Å². The number of hydrogen-bond acceptors (Lipinski definition) is 19. The van der Waals surface area contributed by atoms with E-state index in [0.29, 0.717) is 75.5 Å². The number of aromatic amines is 1. The van der Waals surface area contributed by atoms with Crippen LogP contribution < -0.4 is 10.5 Å². The Morgan fingerprint density at radius 2 is 0.571 bits per heavy atom. The van der Waals surface area contributed by atoms with E-state index in [-0.39, 0.29) is 81.1 Å². The topological polar surface area (TPSA) is 364 Å². The highest BCUT2D eigenvalue weighted by atomic mass is 79.9. The Labute approximate surface area is 855 Å². The number of aromatic hydroxyl groups is 5. The lowest BCUT2D eigenvalue weighted by Crippen LogP contribution is -2.15. The first-order chi connectivity index (χ1) is 65.8. The maximum Gasteiger partial charge on any atom is 0.265 e. The number of sulfone groups is 3. The molecule has 9 N–H and O–H groups in total. The van der Waals surface area contributed by atoms with Crippen LogP contribution in [0, 0.1) is 58.2 Å². The number of tetrazole rings is 1. The Hall–Kier alpha value is -11.3. The third-order valence-corrected chi connectivity index (χ3v) is 30.4. The van der Waals surface area contributed by atoms with Crippen LogP contribution in [0.3, 0.4) is 0 Å². The fraction of sp³-hybridized carbons (Fsp3) is 0.0319. The van der Waals surface area contributed by atoms with Crippen LogP contribution in [0.5, 0.6) is 28.7 Å². The fourth-order valence-electron chi connectivity index (χ4n) is 12.8. The summed E-state index contributed by atoms with van der Waals surface area (Å²) in [5, 5.41) is 61.6. The molecule has 0 unspecified atom stereocenters. The van der Waals surface area contributed by atoms with Crippen molar-refractivity contribution in [2.24, 2.45) is 0 Å². The van der Waals surface area contributed by atoms with Gasteiger partial charge < -0.3 is 31.3 Å². The van der Waals surface area contributed by atoms with E-state index in [1.807, 2.05) is 10.8 Å². The maximum absolute atomic E-state index is 14.4. The third kappa shape index (κ3) is 27.5. The number of hydrogen-bond donors (Lipinski definition) is 8. The van der Waals surface area contributed by atoms with Gasteiger partial charge in [0.05, 0.1) is 53.7 Å². The molecule has 0 atom stereocenters. The van der Waals surface area contributed by atoms with Crippen molar-refractivity contribution in [2.45, 2.75) is 41.7 Å². The van der Waals surface area contributed by atoms with Gasteiger partial charge in [-0.3, -0.25) is 4.72 Å². The molecule has 15 aromatic carbocycles. The number of nitrogen functional groups attached to an aromatic ring is 1. The molecule has 16 rings (SSSR count). The molecule has 46 heteroatoms. The summed E-state index contributed by atoms with van der Waals surface area (Å²) in [5.74, 6) is -14.1. The molecular weight excluding hydrogens is 2340 g/mol. The predicted molar refractivity (Wildman–Crippen MR) is 529 cm³/mol. The number of nitrogens with zero attached hydrogens (tertiary/aromatic N) is 3.